The summed E-state index contributed by atoms with van der Waals surface area (Å²) in [5, 5.41) is 15.2. The van der Waals surface area contributed by atoms with Crippen molar-refractivity contribution in [3.63, 3.8) is 0 Å². The van der Waals surface area contributed by atoms with Gasteiger partial charge < -0.3 is 5.21 Å². The zero-order valence-electron chi connectivity index (χ0n) is 7.71. The van der Waals surface area contributed by atoms with Gasteiger partial charge in [0.25, 0.3) is 0 Å². The molecule has 0 radical (unpaired) electrons. The highest BCUT2D eigenvalue weighted by Crippen LogP contribution is 2.08. The zero-order chi connectivity index (χ0) is 10.7. The fourth-order valence-corrected chi connectivity index (χ4v) is 1.21. The minimum Gasteiger partial charge on any atom is -0.411 e. The summed E-state index contributed by atoms with van der Waals surface area (Å²) in [6.07, 6.45) is 4.49. The quantitative estimate of drug-likeness (QED) is 0.462. The molecule has 0 unspecified atom stereocenters. The third kappa shape index (κ3) is 2.01. The van der Waals surface area contributed by atoms with Gasteiger partial charge in [0.15, 0.2) is 0 Å². The van der Waals surface area contributed by atoms with Gasteiger partial charge in [0, 0.05) is 11.8 Å². The van der Waals surface area contributed by atoms with Crippen molar-refractivity contribution in [3.8, 4) is 5.69 Å². The number of nitrogens with zero attached hydrogens (tertiary/aromatic N) is 3. The van der Waals surface area contributed by atoms with Crippen molar-refractivity contribution >= 4 is 6.21 Å². The van der Waals surface area contributed by atoms with Crippen LogP contribution < -0.4 is 0 Å². The van der Waals surface area contributed by atoms with Gasteiger partial charge in [-0.15, -0.1) is 0 Å². The van der Waals surface area contributed by atoms with Gasteiger partial charge in [-0.25, -0.2) is 9.07 Å². The molecule has 15 heavy (non-hydrogen) atoms. The molecule has 0 atom stereocenters. The van der Waals surface area contributed by atoms with E-state index in [1.807, 2.05) is 0 Å². The van der Waals surface area contributed by atoms with Gasteiger partial charge in [0.05, 0.1) is 18.1 Å². The molecular weight excluding hydrogens is 197 g/mol. The zero-order valence-corrected chi connectivity index (χ0v) is 7.71. The van der Waals surface area contributed by atoms with E-state index in [4.69, 9.17) is 5.21 Å². The summed E-state index contributed by atoms with van der Waals surface area (Å²) < 4.78 is 14.2. The van der Waals surface area contributed by atoms with Crippen molar-refractivity contribution in [3.05, 3.63) is 48.0 Å². The standard InChI is InChI=1S/C10H8FN3O/c11-9-1-3-10(4-2-9)14-7-8(5-12-14)6-13-15/h1-7,15H. The molecule has 1 heterocycles. The first kappa shape index (κ1) is 9.39. The molecule has 0 spiro atoms. The lowest BCUT2D eigenvalue weighted by atomic mass is 10.3. The third-order valence-electron chi connectivity index (χ3n) is 1.90. The van der Waals surface area contributed by atoms with Crippen molar-refractivity contribution in [2.75, 3.05) is 0 Å². The number of oxime groups is 1. The van der Waals surface area contributed by atoms with Gasteiger partial charge in [-0.3, -0.25) is 0 Å². The smallest absolute Gasteiger partial charge is 0.123 e. The van der Waals surface area contributed by atoms with Crippen molar-refractivity contribution in [1.29, 1.82) is 0 Å². The normalized spacial score (nSPS) is 11.0. The summed E-state index contributed by atoms with van der Waals surface area (Å²) in [5.74, 6) is -0.289. The highest BCUT2D eigenvalue weighted by molar-refractivity contribution is 5.78. The molecule has 0 amide bonds. The fraction of sp³-hybridized carbons (Fsp3) is 0. The van der Waals surface area contributed by atoms with Crippen molar-refractivity contribution < 1.29 is 9.60 Å². The van der Waals surface area contributed by atoms with Crippen molar-refractivity contribution in [1.82, 2.24) is 9.78 Å². The fourth-order valence-electron chi connectivity index (χ4n) is 1.21. The maximum Gasteiger partial charge on any atom is 0.123 e. The monoisotopic (exact) mass is 205 g/mol. The lowest BCUT2D eigenvalue weighted by molar-refractivity contribution is 0.322. The maximum atomic E-state index is 12.6. The van der Waals surface area contributed by atoms with Crippen LogP contribution in [-0.2, 0) is 0 Å². The predicted molar refractivity (Wildman–Crippen MR) is 52.9 cm³/mol. The molecule has 76 valence electrons. The first-order valence-corrected chi connectivity index (χ1v) is 4.27. The predicted octanol–water partition coefficient (Wildman–Crippen LogP) is 1.82. The molecule has 0 saturated carbocycles. The van der Waals surface area contributed by atoms with Crippen molar-refractivity contribution in [2.45, 2.75) is 0 Å². The molecule has 0 aliphatic carbocycles. The van der Waals surface area contributed by atoms with Crippen LogP contribution in [0.1, 0.15) is 5.56 Å². The van der Waals surface area contributed by atoms with Crippen LogP contribution in [0.5, 0.6) is 0 Å². The lowest BCUT2D eigenvalue weighted by Crippen LogP contribution is -1.93. The topological polar surface area (TPSA) is 50.4 Å². The molecule has 4 nitrogen and oxygen atoms in total. The van der Waals surface area contributed by atoms with E-state index in [1.54, 1.807) is 29.2 Å². The minimum absolute atomic E-state index is 0.289. The van der Waals surface area contributed by atoms with Gasteiger partial charge in [0.2, 0.25) is 0 Å². The van der Waals surface area contributed by atoms with Crippen LogP contribution in [0.25, 0.3) is 5.69 Å². The van der Waals surface area contributed by atoms with Crippen LogP contribution >= 0.6 is 0 Å². The summed E-state index contributed by atoms with van der Waals surface area (Å²) in [6.45, 7) is 0. The largest absolute Gasteiger partial charge is 0.411 e. The van der Waals surface area contributed by atoms with E-state index in [2.05, 4.69) is 10.3 Å². The molecule has 2 aromatic rings. The SMILES string of the molecule is ON=Cc1cnn(-c2ccc(F)cc2)c1. The van der Waals surface area contributed by atoms with Crippen LogP contribution in [-0.4, -0.2) is 21.2 Å². The van der Waals surface area contributed by atoms with Gasteiger partial charge in [0.1, 0.15) is 5.82 Å². The number of aromatic nitrogens is 2. The molecule has 2 rings (SSSR count). The Morgan fingerprint density at radius 2 is 2.07 bits per heavy atom. The second kappa shape index (κ2) is 3.91. The van der Waals surface area contributed by atoms with E-state index < -0.39 is 0 Å². The van der Waals surface area contributed by atoms with Gasteiger partial charge in [-0.2, -0.15) is 5.10 Å². The molecule has 0 bridgehead atoms. The summed E-state index contributed by atoms with van der Waals surface area (Å²) >= 11 is 0. The molecule has 1 N–H and O–H groups in total. The lowest BCUT2D eigenvalue weighted by Gasteiger charge is -1.99. The van der Waals surface area contributed by atoms with Crippen LogP contribution in [0.3, 0.4) is 0 Å². The number of benzene rings is 1. The molecular formula is C10H8FN3O. The average Bonchev–Trinajstić information content (AvgIpc) is 2.68. The van der Waals surface area contributed by atoms with Crippen molar-refractivity contribution in [2.24, 2.45) is 5.16 Å². The molecule has 1 aromatic heterocycles. The van der Waals surface area contributed by atoms with Crippen LogP contribution in [0.15, 0.2) is 41.8 Å². The molecule has 1 aromatic carbocycles. The average molecular weight is 205 g/mol. The first-order chi connectivity index (χ1) is 7.29. The Morgan fingerprint density at radius 1 is 1.33 bits per heavy atom. The molecule has 0 aliphatic rings. The third-order valence-corrected chi connectivity index (χ3v) is 1.90. The maximum absolute atomic E-state index is 12.6. The second-order valence-electron chi connectivity index (χ2n) is 2.94. The Morgan fingerprint density at radius 3 is 2.73 bits per heavy atom. The highest BCUT2D eigenvalue weighted by Gasteiger charge is 1.99. The second-order valence-corrected chi connectivity index (χ2v) is 2.94. The van der Waals surface area contributed by atoms with Crippen LogP contribution in [0, 0.1) is 5.82 Å². The summed E-state index contributed by atoms with van der Waals surface area (Å²) in [7, 11) is 0. The first-order valence-electron chi connectivity index (χ1n) is 4.27. The Balaban J connectivity index is 2.33. The van der Waals surface area contributed by atoms with E-state index in [-0.39, 0.29) is 5.82 Å². The molecule has 0 saturated heterocycles. The highest BCUT2D eigenvalue weighted by atomic mass is 19.1. The minimum atomic E-state index is -0.289. The summed E-state index contributed by atoms with van der Waals surface area (Å²) in [5.41, 5.74) is 1.41. The Bertz CT molecular complexity index is 476. The summed E-state index contributed by atoms with van der Waals surface area (Å²) in [4.78, 5) is 0. The van der Waals surface area contributed by atoms with Gasteiger partial charge >= 0.3 is 0 Å². The van der Waals surface area contributed by atoms with Crippen LogP contribution in [0.2, 0.25) is 0 Å². The van der Waals surface area contributed by atoms with Gasteiger partial charge in [-0.05, 0) is 24.3 Å². The molecule has 5 heteroatoms. The molecule has 0 fully saturated rings. The van der Waals surface area contributed by atoms with E-state index in [1.165, 1.54) is 18.3 Å². The summed E-state index contributed by atoms with van der Waals surface area (Å²) in [6, 6.07) is 5.94. The van der Waals surface area contributed by atoms with Gasteiger partial charge in [-0.1, -0.05) is 5.16 Å². The number of halogens is 1. The van der Waals surface area contributed by atoms with E-state index >= 15 is 0 Å². The van der Waals surface area contributed by atoms with E-state index in [0.29, 0.717) is 5.56 Å². The Kier molecular flexibility index (Phi) is 2.45. The number of hydrogen-bond donors (Lipinski definition) is 1. The molecule has 0 aliphatic heterocycles. The number of rotatable bonds is 2. The van der Waals surface area contributed by atoms with E-state index in [0.717, 1.165) is 5.69 Å². The number of hydrogen-bond acceptors (Lipinski definition) is 3. The Labute approximate surface area is 85.3 Å². The van der Waals surface area contributed by atoms with E-state index in [9.17, 15) is 4.39 Å². The Hall–Kier alpha value is -2.17. The van der Waals surface area contributed by atoms with Crippen LogP contribution in [0.4, 0.5) is 4.39 Å².